The van der Waals surface area contributed by atoms with Crippen molar-refractivity contribution in [2.75, 3.05) is 6.54 Å². The Bertz CT molecular complexity index is 631. The molecule has 2 rings (SSSR count). The number of rotatable bonds is 5. The maximum absolute atomic E-state index is 14.3. The minimum atomic E-state index is -0.315. The molecule has 0 amide bonds. The molecule has 0 fully saturated rings. The summed E-state index contributed by atoms with van der Waals surface area (Å²) in [5, 5.41) is 12.0. The van der Waals surface area contributed by atoms with Gasteiger partial charge in [-0.1, -0.05) is 31.5 Å². The molecule has 0 aliphatic carbocycles. The Balaban J connectivity index is 2.55. The summed E-state index contributed by atoms with van der Waals surface area (Å²) in [6.45, 7) is 6.62. The van der Waals surface area contributed by atoms with Crippen LogP contribution in [0.4, 0.5) is 4.39 Å². The Morgan fingerprint density at radius 1 is 1.19 bits per heavy atom. The fraction of sp³-hybridized carbons (Fsp3) is 0.375. The van der Waals surface area contributed by atoms with Crippen molar-refractivity contribution >= 4 is 11.6 Å². The van der Waals surface area contributed by atoms with E-state index in [0.29, 0.717) is 10.6 Å². The van der Waals surface area contributed by atoms with Crippen LogP contribution in [0.2, 0.25) is 5.02 Å². The van der Waals surface area contributed by atoms with Crippen LogP contribution in [0.3, 0.4) is 0 Å². The highest BCUT2D eigenvalue weighted by atomic mass is 35.5. The third-order valence-electron chi connectivity index (χ3n) is 3.35. The van der Waals surface area contributed by atoms with E-state index in [1.165, 1.54) is 6.07 Å². The molecule has 1 N–H and O–H groups in total. The molecule has 0 spiro atoms. The van der Waals surface area contributed by atoms with Crippen molar-refractivity contribution in [3.8, 4) is 0 Å². The van der Waals surface area contributed by atoms with Crippen molar-refractivity contribution in [3.05, 3.63) is 57.6 Å². The van der Waals surface area contributed by atoms with Gasteiger partial charge in [0.1, 0.15) is 5.82 Å². The summed E-state index contributed by atoms with van der Waals surface area (Å²) in [4.78, 5) is 0. The topological polar surface area (TPSA) is 37.8 Å². The van der Waals surface area contributed by atoms with Gasteiger partial charge in [0.05, 0.1) is 17.4 Å². The van der Waals surface area contributed by atoms with E-state index in [9.17, 15) is 4.39 Å². The van der Waals surface area contributed by atoms with Gasteiger partial charge < -0.3 is 5.32 Å². The molecule has 0 saturated carbocycles. The van der Waals surface area contributed by atoms with E-state index in [1.54, 1.807) is 12.1 Å². The van der Waals surface area contributed by atoms with Gasteiger partial charge in [-0.25, -0.2) is 4.39 Å². The maximum atomic E-state index is 14.3. The third-order valence-corrected chi connectivity index (χ3v) is 3.59. The normalized spacial score (nSPS) is 12.4. The quantitative estimate of drug-likeness (QED) is 0.912. The zero-order valence-corrected chi connectivity index (χ0v) is 13.2. The van der Waals surface area contributed by atoms with Crippen LogP contribution in [-0.4, -0.2) is 16.7 Å². The molecule has 0 saturated heterocycles. The summed E-state index contributed by atoms with van der Waals surface area (Å²) in [5.74, 6) is -0.315. The van der Waals surface area contributed by atoms with Gasteiger partial charge in [-0.15, -0.1) is 0 Å². The number of halogens is 2. The van der Waals surface area contributed by atoms with Gasteiger partial charge in [-0.3, -0.25) is 0 Å². The molecule has 112 valence electrons. The summed E-state index contributed by atoms with van der Waals surface area (Å²) in [7, 11) is 0. The lowest BCUT2D eigenvalue weighted by atomic mass is 9.95. The lowest BCUT2D eigenvalue weighted by Crippen LogP contribution is -2.25. The number of aromatic nitrogens is 2. The van der Waals surface area contributed by atoms with E-state index < -0.39 is 0 Å². The van der Waals surface area contributed by atoms with E-state index in [4.69, 9.17) is 11.6 Å². The molecule has 2 aromatic rings. The molecule has 0 bridgehead atoms. The van der Waals surface area contributed by atoms with Crippen molar-refractivity contribution < 1.29 is 4.39 Å². The fourth-order valence-electron chi connectivity index (χ4n) is 2.39. The highest BCUT2D eigenvalue weighted by Gasteiger charge is 2.21. The number of aryl methyl sites for hydroxylation is 2. The van der Waals surface area contributed by atoms with Crippen molar-refractivity contribution in [2.45, 2.75) is 33.2 Å². The molecule has 5 heteroatoms. The maximum Gasteiger partial charge on any atom is 0.129 e. The molecule has 1 atom stereocenters. The van der Waals surface area contributed by atoms with Crippen LogP contribution in [0.15, 0.2) is 24.3 Å². The van der Waals surface area contributed by atoms with Gasteiger partial charge in [-0.05, 0) is 43.7 Å². The second-order valence-electron chi connectivity index (χ2n) is 4.90. The number of benzene rings is 1. The van der Waals surface area contributed by atoms with E-state index in [-0.39, 0.29) is 11.9 Å². The largest absolute Gasteiger partial charge is 0.306 e. The molecule has 1 aromatic carbocycles. The Morgan fingerprint density at radius 3 is 2.57 bits per heavy atom. The lowest BCUT2D eigenvalue weighted by Gasteiger charge is -2.21. The molecule has 21 heavy (non-hydrogen) atoms. The van der Waals surface area contributed by atoms with Gasteiger partial charge in [0, 0.05) is 10.6 Å². The average Bonchev–Trinajstić information content (AvgIpc) is 2.45. The van der Waals surface area contributed by atoms with E-state index in [0.717, 1.165) is 29.9 Å². The summed E-state index contributed by atoms with van der Waals surface area (Å²) >= 11 is 5.85. The number of hydrogen-bond acceptors (Lipinski definition) is 3. The van der Waals surface area contributed by atoms with Crippen LogP contribution >= 0.6 is 11.6 Å². The van der Waals surface area contributed by atoms with Gasteiger partial charge >= 0.3 is 0 Å². The van der Waals surface area contributed by atoms with E-state index in [1.807, 2.05) is 26.8 Å². The first-order valence-corrected chi connectivity index (χ1v) is 7.46. The zero-order valence-electron chi connectivity index (χ0n) is 12.5. The second kappa shape index (κ2) is 6.96. The van der Waals surface area contributed by atoms with Crippen LogP contribution in [0, 0.1) is 12.7 Å². The monoisotopic (exact) mass is 307 g/mol. The summed E-state index contributed by atoms with van der Waals surface area (Å²) < 4.78 is 14.3. The molecule has 0 aliphatic rings. The zero-order chi connectivity index (χ0) is 15.4. The Hall–Kier alpha value is -1.52. The molecule has 1 heterocycles. The van der Waals surface area contributed by atoms with Gasteiger partial charge in [0.15, 0.2) is 0 Å². The highest BCUT2D eigenvalue weighted by molar-refractivity contribution is 6.30. The van der Waals surface area contributed by atoms with Crippen LogP contribution in [0.1, 0.15) is 42.4 Å². The van der Waals surface area contributed by atoms with E-state index >= 15 is 0 Å². The summed E-state index contributed by atoms with van der Waals surface area (Å²) in [6, 6.07) is 6.48. The fourth-order valence-corrected chi connectivity index (χ4v) is 2.54. The molecular formula is C16H19ClFN3. The molecule has 1 unspecified atom stereocenters. The molecule has 0 radical (unpaired) electrons. The minimum Gasteiger partial charge on any atom is -0.306 e. The molecule has 0 aliphatic heterocycles. The Labute approximate surface area is 129 Å². The second-order valence-corrected chi connectivity index (χ2v) is 5.33. The first-order chi connectivity index (χ1) is 10.1. The first-order valence-electron chi connectivity index (χ1n) is 7.08. The SMILES string of the molecule is CCNC(c1ccc(Cl)cc1F)c1cc(C)nnc1CC. The number of hydrogen-bond donors (Lipinski definition) is 1. The predicted octanol–water partition coefficient (Wildman–Crippen LogP) is 3.84. The Kier molecular flexibility index (Phi) is 5.26. The van der Waals surface area contributed by atoms with Crippen molar-refractivity contribution in [2.24, 2.45) is 0 Å². The standard InChI is InChI=1S/C16H19ClFN3/c1-4-15-13(8-10(3)20-21-15)16(19-5-2)12-7-6-11(17)9-14(12)18/h6-9,16,19H,4-5H2,1-3H3. The number of nitrogens with one attached hydrogen (secondary N) is 1. The molecular weight excluding hydrogens is 289 g/mol. The summed E-state index contributed by atoms with van der Waals surface area (Å²) in [6.07, 6.45) is 0.750. The summed E-state index contributed by atoms with van der Waals surface area (Å²) in [5.41, 5.74) is 3.23. The predicted molar refractivity (Wildman–Crippen MR) is 83.1 cm³/mol. The molecule has 1 aromatic heterocycles. The van der Waals surface area contributed by atoms with Crippen LogP contribution in [-0.2, 0) is 6.42 Å². The van der Waals surface area contributed by atoms with Crippen LogP contribution in [0.25, 0.3) is 0 Å². The average molecular weight is 308 g/mol. The van der Waals surface area contributed by atoms with E-state index in [2.05, 4.69) is 15.5 Å². The minimum absolute atomic E-state index is 0.253. The highest BCUT2D eigenvalue weighted by Crippen LogP contribution is 2.28. The van der Waals surface area contributed by atoms with Crippen molar-refractivity contribution in [1.29, 1.82) is 0 Å². The van der Waals surface area contributed by atoms with Crippen LogP contribution < -0.4 is 5.32 Å². The lowest BCUT2D eigenvalue weighted by molar-refractivity contribution is 0.554. The smallest absolute Gasteiger partial charge is 0.129 e. The van der Waals surface area contributed by atoms with Crippen molar-refractivity contribution in [1.82, 2.24) is 15.5 Å². The first kappa shape index (κ1) is 15.9. The third kappa shape index (κ3) is 3.57. The van der Waals surface area contributed by atoms with Crippen molar-refractivity contribution in [3.63, 3.8) is 0 Å². The molecule has 3 nitrogen and oxygen atoms in total. The van der Waals surface area contributed by atoms with Gasteiger partial charge in [0.25, 0.3) is 0 Å². The van der Waals surface area contributed by atoms with Crippen LogP contribution in [0.5, 0.6) is 0 Å². The van der Waals surface area contributed by atoms with Gasteiger partial charge in [-0.2, -0.15) is 10.2 Å². The van der Waals surface area contributed by atoms with Gasteiger partial charge in [0.2, 0.25) is 0 Å². The number of nitrogens with zero attached hydrogens (tertiary/aromatic N) is 2. The Morgan fingerprint density at radius 2 is 1.95 bits per heavy atom.